The van der Waals surface area contributed by atoms with Crippen molar-refractivity contribution in [1.29, 1.82) is 0 Å². The SMILES string of the molecule is O=C(NCCCS(=O)(=O)Cc1ccccc1)c1ccc(OC(F)F)cc1. The number of halogens is 2. The molecule has 0 aromatic heterocycles. The van der Waals surface area contributed by atoms with Crippen LogP contribution in [0.4, 0.5) is 8.78 Å². The van der Waals surface area contributed by atoms with Crippen molar-refractivity contribution < 1.29 is 26.7 Å². The van der Waals surface area contributed by atoms with Crippen LogP contribution < -0.4 is 10.1 Å². The topological polar surface area (TPSA) is 72.5 Å². The molecule has 0 heterocycles. The summed E-state index contributed by atoms with van der Waals surface area (Å²) in [5.74, 6) is -0.519. The quantitative estimate of drug-likeness (QED) is 0.676. The molecule has 0 radical (unpaired) electrons. The van der Waals surface area contributed by atoms with Gasteiger partial charge in [-0.1, -0.05) is 30.3 Å². The highest BCUT2D eigenvalue weighted by Gasteiger charge is 2.12. The largest absolute Gasteiger partial charge is 0.435 e. The summed E-state index contributed by atoms with van der Waals surface area (Å²) in [4.78, 5) is 11.9. The summed E-state index contributed by atoms with van der Waals surface area (Å²) in [5, 5.41) is 2.60. The molecule has 2 aromatic rings. The van der Waals surface area contributed by atoms with E-state index in [4.69, 9.17) is 0 Å². The van der Waals surface area contributed by atoms with Crippen molar-refractivity contribution in [3.63, 3.8) is 0 Å². The zero-order valence-electron chi connectivity index (χ0n) is 13.9. The van der Waals surface area contributed by atoms with Gasteiger partial charge in [-0.2, -0.15) is 8.78 Å². The average Bonchev–Trinajstić information content (AvgIpc) is 2.59. The Bertz CT molecular complexity index is 809. The lowest BCUT2D eigenvalue weighted by Crippen LogP contribution is -2.26. The molecule has 1 N–H and O–H groups in total. The molecule has 0 aliphatic heterocycles. The number of nitrogens with one attached hydrogen (secondary N) is 1. The number of hydrogen-bond donors (Lipinski definition) is 1. The zero-order chi connectivity index (χ0) is 19.0. The fourth-order valence-electron chi connectivity index (χ4n) is 2.28. The number of amides is 1. The predicted octanol–water partition coefficient (Wildman–Crippen LogP) is 3.02. The molecule has 140 valence electrons. The van der Waals surface area contributed by atoms with Crippen LogP contribution in [0, 0.1) is 0 Å². The van der Waals surface area contributed by atoms with Crippen LogP contribution in [0.5, 0.6) is 5.75 Å². The summed E-state index contributed by atoms with van der Waals surface area (Å²) in [6, 6.07) is 14.1. The molecular weight excluding hydrogens is 364 g/mol. The number of hydrogen-bond acceptors (Lipinski definition) is 4. The Balaban J connectivity index is 1.75. The van der Waals surface area contributed by atoms with Gasteiger partial charge >= 0.3 is 6.61 Å². The van der Waals surface area contributed by atoms with E-state index in [9.17, 15) is 22.0 Å². The van der Waals surface area contributed by atoms with E-state index in [1.807, 2.05) is 6.07 Å². The van der Waals surface area contributed by atoms with Crippen LogP contribution in [0.1, 0.15) is 22.3 Å². The molecule has 0 spiro atoms. The van der Waals surface area contributed by atoms with Crippen LogP contribution in [0.2, 0.25) is 0 Å². The highest BCUT2D eigenvalue weighted by molar-refractivity contribution is 7.90. The Labute approximate surface area is 150 Å². The molecule has 26 heavy (non-hydrogen) atoms. The van der Waals surface area contributed by atoms with Crippen molar-refractivity contribution in [3.05, 3.63) is 65.7 Å². The number of alkyl halides is 2. The fraction of sp³-hybridized carbons (Fsp3) is 0.278. The minimum absolute atomic E-state index is 0.0343. The molecule has 5 nitrogen and oxygen atoms in total. The number of rotatable bonds is 9. The van der Waals surface area contributed by atoms with Gasteiger partial charge in [0.2, 0.25) is 0 Å². The zero-order valence-corrected chi connectivity index (χ0v) is 14.7. The summed E-state index contributed by atoms with van der Waals surface area (Å²) in [6.07, 6.45) is 0.285. The van der Waals surface area contributed by atoms with E-state index in [0.717, 1.165) is 5.56 Å². The number of carbonyl (C=O) groups is 1. The first-order valence-corrected chi connectivity index (χ1v) is 9.75. The molecular formula is C18H19F2NO4S. The van der Waals surface area contributed by atoms with Crippen molar-refractivity contribution in [2.24, 2.45) is 0 Å². The molecule has 0 bridgehead atoms. The van der Waals surface area contributed by atoms with Crippen LogP contribution in [0.25, 0.3) is 0 Å². The van der Waals surface area contributed by atoms with Crippen molar-refractivity contribution in [2.45, 2.75) is 18.8 Å². The van der Waals surface area contributed by atoms with Crippen LogP contribution in [-0.4, -0.2) is 33.2 Å². The maximum Gasteiger partial charge on any atom is 0.387 e. The monoisotopic (exact) mass is 383 g/mol. The van der Waals surface area contributed by atoms with E-state index >= 15 is 0 Å². The summed E-state index contributed by atoms with van der Waals surface area (Å²) in [7, 11) is -3.25. The summed E-state index contributed by atoms with van der Waals surface area (Å²) < 4.78 is 52.4. The maximum absolute atomic E-state index is 12.1. The first-order valence-electron chi connectivity index (χ1n) is 7.93. The number of carbonyl (C=O) groups excluding carboxylic acids is 1. The Morgan fingerprint density at radius 1 is 1.04 bits per heavy atom. The Morgan fingerprint density at radius 2 is 1.69 bits per heavy atom. The van der Waals surface area contributed by atoms with Gasteiger partial charge in [0.25, 0.3) is 5.91 Å². The highest BCUT2D eigenvalue weighted by atomic mass is 32.2. The standard InChI is InChI=1S/C18H19F2NO4S/c19-18(20)25-16-9-7-15(8-10-16)17(22)21-11-4-12-26(23,24)13-14-5-2-1-3-6-14/h1-3,5-10,18H,4,11-13H2,(H,21,22). The first-order chi connectivity index (χ1) is 12.4. The number of benzene rings is 2. The lowest BCUT2D eigenvalue weighted by atomic mass is 10.2. The van der Waals surface area contributed by atoms with Gasteiger partial charge in [-0.3, -0.25) is 4.79 Å². The summed E-state index contributed by atoms with van der Waals surface area (Å²) in [5.41, 5.74) is 1.00. The second-order valence-corrected chi connectivity index (χ2v) is 7.77. The van der Waals surface area contributed by atoms with Gasteiger partial charge in [-0.15, -0.1) is 0 Å². The van der Waals surface area contributed by atoms with Gasteiger partial charge in [0, 0.05) is 12.1 Å². The molecule has 0 saturated heterocycles. The molecule has 1 amide bonds. The van der Waals surface area contributed by atoms with Gasteiger partial charge in [-0.25, -0.2) is 8.42 Å². The number of ether oxygens (including phenoxy) is 1. The molecule has 0 saturated carbocycles. The Morgan fingerprint density at radius 3 is 2.31 bits per heavy atom. The molecule has 0 atom stereocenters. The third-order valence-electron chi connectivity index (χ3n) is 3.49. The molecule has 0 aliphatic carbocycles. The van der Waals surface area contributed by atoms with Crippen LogP contribution in [-0.2, 0) is 15.6 Å². The Hall–Kier alpha value is -2.48. The normalized spacial score (nSPS) is 11.3. The molecule has 8 heteroatoms. The molecule has 0 unspecified atom stereocenters. The second-order valence-electron chi connectivity index (χ2n) is 5.59. The second kappa shape index (κ2) is 9.28. The summed E-state index contributed by atoms with van der Waals surface area (Å²) in [6.45, 7) is -2.73. The third-order valence-corrected chi connectivity index (χ3v) is 5.17. The van der Waals surface area contributed by atoms with Gasteiger partial charge in [0.15, 0.2) is 9.84 Å². The van der Waals surface area contributed by atoms with Crippen molar-refractivity contribution >= 4 is 15.7 Å². The summed E-state index contributed by atoms with van der Waals surface area (Å²) >= 11 is 0. The third kappa shape index (κ3) is 6.79. The first kappa shape index (κ1) is 19.8. The van der Waals surface area contributed by atoms with E-state index in [0.29, 0.717) is 0 Å². The van der Waals surface area contributed by atoms with E-state index < -0.39 is 22.4 Å². The van der Waals surface area contributed by atoms with Gasteiger partial charge in [0.1, 0.15) is 5.75 Å². The van der Waals surface area contributed by atoms with Crippen LogP contribution >= 0.6 is 0 Å². The van der Waals surface area contributed by atoms with Crippen LogP contribution in [0.3, 0.4) is 0 Å². The van der Waals surface area contributed by atoms with E-state index in [1.165, 1.54) is 24.3 Å². The van der Waals surface area contributed by atoms with E-state index in [1.54, 1.807) is 24.3 Å². The number of sulfone groups is 1. The Kier molecular flexibility index (Phi) is 7.08. The van der Waals surface area contributed by atoms with Gasteiger partial charge in [0.05, 0.1) is 11.5 Å². The van der Waals surface area contributed by atoms with Crippen molar-refractivity contribution in [3.8, 4) is 5.75 Å². The lowest BCUT2D eigenvalue weighted by molar-refractivity contribution is -0.0498. The van der Waals surface area contributed by atoms with E-state index in [-0.39, 0.29) is 35.8 Å². The van der Waals surface area contributed by atoms with Crippen LogP contribution in [0.15, 0.2) is 54.6 Å². The van der Waals surface area contributed by atoms with Crippen molar-refractivity contribution in [1.82, 2.24) is 5.32 Å². The molecule has 2 rings (SSSR count). The van der Waals surface area contributed by atoms with Crippen molar-refractivity contribution in [2.75, 3.05) is 12.3 Å². The lowest BCUT2D eigenvalue weighted by Gasteiger charge is -2.08. The van der Waals surface area contributed by atoms with Gasteiger partial charge < -0.3 is 10.1 Å². The smallest absolute Gasteiger partial charge is 0.387 e. The highest BCUT2D eigenvalue weighted by Crippen LogP contribution is 2.14. The predicted molar refractivity (Wildman–Crippen MR) is 94.0 cm³/mol. The maximum atomic E-state index is 12.1. The minimum atomic E-state index is -3.25. The minimum Gasteiger partial charge on any atom is -0.435 e. The fourth-order valence-corrected chi connectivity index (χ4v) is 3.71. The molecule has 2 aromatic carbocycles. The van der Waals surface area contributed by atoms with E-state index in [2.05, 4.69) is 10.1 Å². The average molecular weight is 383 g/mol. The molecule has 0 aliphatic rings. The van der Waals surface area contributed by atoms with Gasteiger partial charge in [-0.05, 0) is 36.2 Å². The molecule has 0 fully saturated rings.